The second kappa shape index (κ2) is 19.8. The molecule has 1 aliphatic carbocycles. The second-order valence-corrected chi connectivity index (χ2v) is 18.1. The molecule has 2 aromatic rings. The van der Waals surface area contributed by atoms with Crippen molar-refractivity contribution in [3.63, 3.8) is 0 Å². The number of fused-ring (bicyclic) bond motifs is 1. The molecule has 1 saturated heterocycles. The highest BCUT2D eigenvalue weighted by Gasteiger charge is 2.47. The van der Waals surface area contributed by atoms with Gasteiger partial charge in [0.25, 0.3) is 15.6 Å². The highest BCUT2D eigenvalue weighted by Crippen LogP contribution is 2.56. The summed E-state index contributed by atoms with van der Waals surface area (Å²) in [6, 6.07) is 0. The van der Waals surface area contributed by atoms with Gasteiger partial charge in [0.15, 0.2) is 17.7 Å². The number of aliphatic hydroxyl groups is 3. The number of rotatable bonds is 20. The largest absolute Gasteiger partial charge is 0.790 e. The van der Waals surface area contributed by atoms with Crippen LogP contribution >= 0.6 is 35.2 Å². The van der Waals surface area contributed by atoms with Crippen molar-refractivity contribution in [2.24, 2.45) is 5.41 Å². The van der Waals surface area contributed by atoms with E-state index in [1.54, 1.807) is 18.2 Å². The molecule has 2 aliphatic rings. The topological polar surface area (TPSA) is 395 Å². The van der Waals surface area contributed by atoms with Gasteiger partial charge in [0, 0.05) is 37.1 Å². The Morgan fingerprint density at radius 1 is 1.09 bits per heavy atom. The van der Waals surface area contributed by atoms with Gasteiger partial charge in [-0.3, -0.25) is 28.1 Å². The summed E-state index contributed by atoms with van der Waals surface area (Å²) in [4.78, 5) is 96.5. The molecule has 7 atom stereocenters. The van der Waals surface area contributed by atoms with E-state index >= 15 is 0 Å². The zero-order valence-corrected chi connectivity index (χ0v) is 33.9. The van der Waals surface area contributed by atoms with Crippen LogP contribution in [0.4, 0.5) is 5.82 Å². The molecule has 4 rings (SSSR count). The number of phosphoric acid groups is 3. The van der Waals surface area contributed by atoms with Gasteiger partial charge in [0.05, 0.1) is 32.9 Å². The summed E-state index contributed by atoms with van der Waals surface area (Å²) in [5.74, 6) is -1.53. The van der Waals surface area contributed by atoms with Crippen molar-refractivity contribution in [1.29, 1.82) is 0 Å². The molecule has 0 radical (unpaired) electrons. The number of amides is 2. The highest BCUT2D eigenvalue weighted by atomic mass is 32.2. The number of imidazole rings is 1. The van der Waals surface area contributed by atoms with Crippen molar-refractivity contribution in [2.75, 3.05) is 37.8 Å². The molecule has 0 aromatic carbocycles. The normalized spacial score (nSPS) is 22.6. The van der Waals surface area contributed by atoms with E-state index in [1.807, 2.05) is 0 Å². The second-order valence-electron chi connectivity index (χ2n) is 13.0. The van der Waals surface area contributed by atoms with Crippen LogP contribution in [0.25, 0.3) is 11.2 Å². The van der Waals surface area contributed by atoms with E-state index in [-0.39, 0.29) is 65.1 Å². The molecule has 0 spiro atoms. The Bertz CT molecular complexity index is 2080. The molecule has 3 heterocycles. The number of nitrogen functional groups attached to an aromatic ring is 1. The summed E-state index contributed by atoms with van der Waals surface area (Å²) < 4.78 is 60.5. The SMILES string of the molecule is CC(C)(COP(=O)([O-])OP(=O)([O-])OC[C@H]1O[C@@H](n2cnc3c(N)ncnc32)[C@H](O)[C@@H]1OP(=O)([O-])[O-])[C@@H](O)C(=O)NCCC(=O)NCCSC(=O)C1=C(O)CC=CC=C1. The molecule has 322 valence electrons. The maximum absolute atomic E-state index is 12.6. The van der Waals surface area contributed by atoms with Crippen LogP contribution in [0.15, 0.2) is 48.3 Å². The van der Waals surface area contributed by atoms with E-state index in [0.29, 0.717) is 0 Å². The molecule has 29 heteroatoms. The number of nitrogens with one attached hydrogen (secondary N) is 2. The third-order valence-electron chi connectivity index (χ3n) is 8.06. The number of carbonyl (C=O) groups is 3. The van der Waals surface area contributed by atoms with E-state index in [9.17, 15) is 63.0 Å². The van der Waals surface area contributed by atoms with Crippen molar-refractivity contribution >= 4 is 69.1 Å². The summed E-state index contributed by atoms with van der Waals surface area (Å²) in [6.45, 7) is -0.113. The molecule has 2 amide bonds. The van der Waals surface area contributed by atoms with Gasteiger partial charge in [-0.25, -0.2) is 19.3 Å². The Kier molecular flexibility index (Phi) is 16.1. The van der Waals surface area contributed by atoms with E-state index < -0.39 is 84.6 Å². The fraction of sp³-hybridized carbons (Fsp3) is 0.517. The number of hydrogen-bond donors (Lipinski definition) is 6. The number of aliphatic hydroxyl groups excluding tert-OH is 3. The predicted molar refractivity (Wildman–Crippen MR) is 191 cm³/mol. The van der Waals surface area contributed by atoms with Gasteiger partial charge in [-0.15, -0.1) is 0 Å². The number of anilines is 1. The maximum Gasteiger partial charge on any atom is 0.274 e. The molecule has 7 N–H and O–H groups in total. The Morgan fingerprint density at radius 3 is 2.50 bits per heavy atom. The van der Waals surface area contributed by atoms with Crippen molar-refractivity contribution in [1.82, 2.24) is 30.2 Å². The fourth-order valence-electron chi connectivity index (χ4n) is 5.13. The highest BCUT2D eigenvalue weighted by molar-refractivity contribution is 8.14. The Hall–Kier alpha value is -3.42. The van der Waals surface area contributed by atoms with Crippen molar-refractivity contribution < 1.29 is 85.6 Å². The quantitative estimate of drug-likeness (QED) is 0.0589. The third kappa shape index (κ3) is 13.3. The van der Waals surface area contributed by atoms with Crippen molar-refractivity contribution in [2.45, 2.75) is 57.3 Å². The van der Waals surface area contributed by atoms with E-state index in [4.69, 9.17) is 10.5 Å². The number of aromatic nitrogens is 4. The first-order valence-electron chi connectivity index (χ1n) is 16.7. The summed E-state index contributed by atoms with van der Waals surface area (Å²) >= 11 is 0.881. The van der Waals surface area contributed by atoms with Gasteiger partial charge in [-0.1, -0.05) is 43.8 Å². The van der Waals surface area contributed by atoms with Crippen LogP contribution in [-0.4, -0.2) is 108 Å². The summed E-state index contributed by atoms with van der Waals surface area (Å²) in [6.07, 6.45) is -1.03. The lowest BCUT2D eigenvalue weighted by Crippen LogP contribution is -2.46. The molecule has 0 saturated carbocycles. The first kappa shape index (κ1) is 47.3. The van der Waals surface area contributed by atoms with Gasteiger partial charge in [0.1, 0.15) is 42.0 Å². The van der Waals surface area contributed by atoms with E-state index in [0.717, 1.165) is 29.0 Å². The Morgan fingerprint density at radius 2 is 1.79 bits per heavy atom. The summed E-state index contributed by atoms with van der Waals surface area (Å²) in [5, 5.41) is 35.7. The molecule has 1 fully saturated rings. The molecule has 25 nitrogen and oxygen atoms in total. The first-order chi connectivity index (χ1) is 27.0. The lowest BCUT2D eigenvalue weighted by Gasteiger charge is -2.36. The number of hydrogen-bond acceptors (Lipinski definition) is 23. The van der Waals surface area contributed by atoms with Crippen LogP contribution in [0.1, 0.15) is 32.9 Å². The van der Waals surface area contributed by atoms with Crippen molar-refractivity contribution in [3.8, 4) is 0 Å². The zero-order valence-electron chi connectivity index (χ0n) is 30.4. The van der Waals surface area contributed by atoms with Crippen LogP contribution in [0.3, 0.4) is 0 Å². The molecule has 58 heavy (non-hydrogen) atoms. The van der Waals surface area contributed by atoms with Gasteiger partial charge in [-0.2, -0.15) is 0 Å². The van der Waals surface area contributed by atoms with Crippen LogP contribution in [-0.2, 0) is 50.7 Å². The number of allylic oxidation sites excluding steroid dienone is 4. The monoisotopic (exact) mass is 897 g/mol. The minimum Gasteiger partial charge on any atom is -0.790 e. The fourth-order valence-corrected chi connectivity index (χ4v) is 8.60. The van der Waals surface area contributed by atoms with Crippen molar-refractivity contribution in [3.05, 3.63) is 48.3 Å². The molecular formula is C29H38N7O18P3S-4. The Labute approximate surface area is 333 Å². The lowest BCUT2D eigenvalue weighted by molar-refractivity contribution is -0.347. The molecule has 1 aliphatic heterocycles. The summed E-state index contributed by atoms with van der Waals surface area (Å²) in [5.41, 5.74) is 4.18. The zero-order chi connectivity index (χ0) is 43.1. The number of carbonyl (C=O) groups excluding carboxylic acids is 3. The number of nitrogens with two attached hydrogens (primary N) is 1. The molecular weight excluding hydrogens is 859 g/mol. The lowest BCUT2D eigenvalue weighted by atomic mass is 9.87. The number of nitrogens with zero attached hydrogens (tertiary/aromatic N) is 4. The average Bonchev–Trinajstić information content (AvgIpc) is 3.60. The minimum atomic E-state index is -5.93. The molecule has 2 unspecified atom stereocenters. The van der Waals surface area contributed by atoms with Crippen LogP contribution < -0.4 is 35.9 Å². The van der Waals surface area contributed by atoms with Gasteiger partial charge >= 0.3 is 0 Å². The van der Waals surface area contributed by atoms with Crippen LogP contribution in [0.2, 0.25) is 0 Å². The van der Waals surface area contributed by atoms with E-state index in [2.05, 4.69) is 43.5 Å². The maximum atomic E-state index is 12.6. The number of ether oxygens (including phenoxy) is 1. The van der Waals surface area contributed by atoms with Gasteiger partial charge in [0.2, 0.25) is 16.9 Å². The number of thioether (sulfide) groups is 1. The van der Waals surface area contributed by atoms with E-state index in [1.165, 1.54) is 19.9 Å². The molecule has 0 bridgehead atoms. The van der Waals surface area contributed by atoms with Crippen LogP contribution in [0.5, 0.6) is 0 Å². The van der Waals surface area contributed by atoms with Gasteiger partial charge < -0.3 is 74.1 Å². The predicted octanol–water partition coefficient (Wildman–Crippen LogP) is -2.54. The third-order valence-corrected chi connectivity index (χ3v) is 12.0. The van der Waals surface area contributed by atoms with Crippen LogP contribution in [0, 0.1) is 5.41 Å². The average molecular weight is 898 g/mol. The summed E-state index contributed by atoms with van der Waals surface area (Å²) in [7, 11) is -17.6. The van der Waals surface area contributed by atoms with Gasteiger partial charge in [-0.05, 0) is 6.08 Å². The number of phosphoric ester groups is 3. The minimum absolute atomic E-state index is 0.0279. The smallest absolute Gasteiger partial charge is 0.274 e. The molecule has 2 aromatic heterocycles. The standard InChI is InChI=1S/C29H42N7O18P3S/c1-29(2,23(40)26(41)32-9-8-19(38)31-10-11-58-28(42)16-6-4-3-5-7-17(16)37)13-51-57(48,49)54-56(46,47)50-12-18-22(53-55(43,44)45)21(39)27(52-18)36-15-35-20-24(30)33-14-34-25(20)36/h3-6,14-15,18,21-23,27,37,39-40H,7-13H2,1-2H3,(H,31,38)(H,32,41)(H,46,47)(H,48,49)(H2,30,33,34)(H2,43,44,45)/p-4/t18-,21-,22-,23+,27-/m1/s1. The Balaban J connectivity index is 1.22. The first-order valence-corrected chi connectivity index (χ1v) is 22.1.